The summed E-state index contributed by atoms with van der Waals surface area (Å²) in [6, 6.07) is 8.15. The predicted octanol–water partition coefficient (Wildman–Crippen LogP) is 2.65. The summed E-state index contributed by atoms with van der Waals surface area (Å²) >= 11 is 3.45. The van der Waals surface area contributed by atoms with Gasteiger partial charge in [-0.25, -0.2) is 0 Å². The van der Waals surface area contributed by atoms with Crippen LogP contribution in [0.15, 0.2) is 28.7 Å². The molecule has 0 saturated carbocycles. The van der Waals surface area contributed by atoms with Crippen LogP contribution in [-0.4, -0.2) is 31.0 Å². The topological polar surface area (TPSA) is 41.5 Å². The van der Waals surface area contributed by atoms with Crippen LogP contribution in [0.3, 0.4) is 0 Å². The zero-order chi connectivity index (χ0) is 12.1. The summed E-state index contributed by atoms with van der Waals surface area (Å²) in [6.45, 7) is 1.78. The second kappa shape index (κ2) is 6.38. The summed E-state index contributed by atoms with van der Waals surface area (Å²) in [5.74, 6) is 0.493. The lowest BCUT2D eigenvalue weighted by atomic mass is 9.92. The molecule has 0 amide bonds. The number of rotatable bonds is 4. The molecular formula is C13H18BrNO2. The van der Waals surface area contributed by atoms with Gasteiger partial charge in [-0.3, -0.25) is 0 Å². The van der Waals surface area contributed by atoms with Gasteiger partial charge in [-0.2, -0.15) is 0 Å². The van der Waals surface area contributed by atoms with Crippen molar-refractivity contribution in [2.24, 2.45) is 5.92 Å². The largest absolute Gasteiger partial charge is 0.394 e. The first kappa shape index (κ1) is 12.9. The molecule has 2 N–H and O–H groups in total. The van der Waals surface area contributed by atoms with Crippen LogP contribution in [0.2, 0.25) is 0 Å². The summed E-state index contributed by atoms with van der Waals surface area (Å²) in [5, 5.41) is 12.9. The van der Waals surface area contributed by atoms with Gasteiger partial charge in [0.15, 0.2) is 0 Å². The van der Waals surface area contributed by atoms with Crippen molar-refractivity contribution in [3.8, 4) is 0 Å². The lowest BCUT2D eigenvalue weighted by Gasteiger charge is -2.30. The normalized spacial score (nSPS) is 18.9. The van der Waals surface area contributed by atoms with E-state index in [-0.39, 0.29) is 12.6 Å². The van der Waals surface area contributed by atoms with E-state index in [2.05, 4.69) is 21.2 Å². The third kappa shape index (κ3) is 3.69. The molecule has 1 unspecified atom stereocenters. The van der Waals surface area contributed by atoms with E-state index in [4.69, 9.17) is 4.74 Å². The van der Waals surface area contributed by atoms with Crippen molar-refractivity contribution in [2.45, 2.75) is 18.9 Å². The van der Waals surface area contributed by atoms with Crippen molar-refractivity contribution in [1.29, 1.82) is 0 Å². The highest BCUT2D eigenvalue weighted by molar-refractivity contribution is 9.10. The molecule has 0 aliphatic carbocycles. The number of ether oxygens (including phenoxy) is 1. The Balaban J connectivity index is 1.98. The van der Waals surface area contributed by atoms with Crippen LogP contribution in [0.1, 0.15) is 12.8 Å². The third-order valence-corrected chi connectivity index (χ3v) is 3.70. The summed E-state index contributed by atoms with van der Waals surface area (Å²) in [7, 11) is 0. The van der Waals surface area contributed by atoms with Gasteiger partial charge in [0.25, 0.3) is 0 Å². The van der Waals surface area contributed by atoms with Gasteiger partial charge >= 0.3 is 0 Å². The molecule has 3 nitrogen and oxygen atoms in total. The van der Waals surface area contributed by atoms with Crippen molar-refractivity contribution in [3.63, 3.8) is 0 Å². The van der Waals surface area contributed by atoms with E-state index < -0.39 is 0 Å². The molecule has 0 spiro atoms. The van der Waals surface area contributed by atoms with Gasteiger partial charge < -0.3 is 15.2 Å². The summed E-state index contributed by atoms with van der Waals surface area (Å²) in [5.41, 5.74) is 1.05. The standard InChI is InChI=1S/C13H18BrNO2/c14-11-2-1-3-12(8-11)15-13(9-16)10-4-6-17-7-5-10/h1-3,8,10,13,15-16H,4-7,9H2. The van der Waals surface area contributed by atoms with Crippen LogP contribution in [0.25, 0.3) is 0 Å². The van der Waals surface area contributed by atoms with Gasteiger partial charge in [0.05, 0.1) is 12.6 Å². The highest BCUT2D eigenvalue weighted by Crippen LogP contribution is 2.23. The van der Waals surface area contributed by atoms with Crippen molar-refractivity contribution in [3.05, 3.63) is 28.7 Å². The van der Waals surface area contributed by atoms with Crippen LogP contribution in [0.4, 0.5) is 5.69 Å². The smallest absolute Gasteiger partial charge is 0.0635 e. The second-order valence-electron chi connectivity index (χ2n) is 4.39. The molecule has 94 valence electrons. The predicted molar refractivity (Wildman–Crippen MR) is 72.2 cm³/mol. The molecule has 1 atom stereocenters. The maximum atomic E-state index is 9.49. The Morgan fingerprint density at radius 3 is 2.82 bits per heavy atom. The van der Waals surface area contributed by atoms with E-state index in [1.54, 1.807) is 0 Å². The van der Waals surface area contributed by atoms with Crippen LogP contribution in [-0.2, 0) is 4.74 Å². The maximum absolute atomic E-state index is 9.49. The molecule has 0 radical (unpaired) electrons. The lowest BCUT2D eigenvalue weighted by molar-refractivity contribution is 0.0534. The number of aliphatic hydroxyl groups is 1. The van der Waals surface area contributed by atoms with Crippen molar-refractivity contribution in [2.75, 3.05) is 25.1 Å². The maximum Gasteiger partial charge on any atom is 0.0635 e. The molecule has 1 fully saturated rings. The minimum Gasteiger partial charge on any atom is -0.394 e. The molecule has 4 heteroatoms. The minimum absolute atomic E-state index is 0.119. The van der Waals surface area contributed by atoms with Gasteiger partial charge in [0.2, 0.25) is 0 Å². The van der Waals surface area contributed by atoms with Crippen molar-refractivity contribution in [1.82, 2.24) is 0 Å². The quantitative estimate of drug-likeness (QED) is 0.898. The van der Waals surface area contributed by atoms with E-state index in [0.29, 0.717) is 5.92 Å². The van der Waals surface area contributed by atoms with Gasteiger partial charge in [-0.1, -0.05) is 22.0 Å². The number of nitrogens with one attached hydrogen (secondary N) is 1. The first-order valence-electron chi connectivity index (χ1n) is 6.00. The molecule has 17 heavy (non-hydrogen) atoms. The fourth-order valence-electron chi connectivity index (χ4n) is 2.22. The first-order valence-corrected chi connectivity index (χ1v) is 6.79. The second-order valence-corrected chi connectivity index (χ2v) is 5.31. The van der Waals surface area contributed by atoms with Crippen LogP contribution in [0.5, 0.6) is 0 Å². The number of hydrogen-bond donors (Lipinski definition) is 2. The van der Waals surface area contributed by atoms with Crippen LogP contribution >= 0.6 is 15.9 Å². The van der Waals surface area contributed by atoms with Gasteiger partial charge in [0.1, 0.15) is 0 Å². The van der Waals surface area contributed by atoms with E-state index in [9.17, 15) is 5.11 Å². The Bertz CT molecular complexity index is 353. The molecule has 1 aromatic rings. The van der Waals surface area contributed by atoms with Crippen LogP contribution < -0.4 is 5.32 Å². The van der Waals surface area contributed by atoms with E-state index in [1.165, 1.54) is 0 Å². The van der Waals surface area contributed by atoms with Crippen LogP contribution in [0, 0.1) is 5.92 Å². The van der Waals surface area contributed by atoms with E-state index in [1.807, 2.05) is 24.3 Å². The number of aliphatic hydroxyl groups excluding tert-OH is 1. The molecule has 1 heterocycles. The molecule has 1 aliphatic heterocycles. The highest BCUT2D eigenvalue weighted by atomic mass is 79.9. The summed E-state index contributed by atoms with van der Waals surface area (Å²) in [4.78, 5) is 0. The van der Waals surface area contributed by atoms with Gasteiger partial charge in [0, 0.05) is 23.4 Å². The molecular weight excluding hydrogens is 282 g/mol. The summed E-state index contributed by atoms with van der Waals surface area (Å²) in [6.07, 6.45) is 2.04. The Hall–Kier alpha value is -0.580. The SMILES string of the molecule is OCC(Nc1cccc(Br)c1)C1CCOCC1. The van der Waals surface area contributed by atoms with Gasteiger partial charge in [-0.15, -0.1) is 0 Å². The molecule has 0 aromatic heterocycles. The van der Waals surface area contributed by atoms with E-state index in [0.717, 1.165) is 36.2 Å². The number of benzene rings is 1. The zero-order valence-corrected chi connectivity index (χ0v) is 11.3. The molecule has 1 saturated heterocycles. The Labute approximate surface area is 110 Å². The fraction of sp³-hybridized carbons (Fsp3) is 0.538. The van der Waals surface area contributed by atoms with Crippen molar-refractivity contribution < 1.29 is 9.84 Å². The van der Waals surface area contributed by atoms with Gasteiger partial charge in [-0.05, 0) is 37.0 Å². The number of hydrogen-bond acceptors (Lipinski definition) is 3. The average Bonchev–Trinajstić information content (AvgIpc) is 2.37. The highest BCUT2D eigenvalue weighted by Gasteiger charge is 2.23. The molecule has 2 rings (SSSR count). The molecule has 1 aromatic carbocycles. The monoisotopic (exact) mass is 299 g/mol. The Morgan fingerprint density at radius 2 is 2.18 bits per heavy atom. The number of anilines is 1. The Kier molecular flexibility index (Phi) is 4.83. The third-order valence-electron chi connectivity index (χ3n) is 3.21. The van der Waals surface area contributed by atoms with Crippen molar-refractivity contribution >= 4 is 21.6 Å². The fourth-order valence-corrected chi connectivity index (χ4v) is 2.62. The molecule has 1 aliphatic rings. The zero-order valence-electron chi connectivity index (χ0n) is 9.73. The number of halogens is 1. The lowest BCUT2D eigenvalue weighted by Crippen LogP contribution is -2.36. The first-order chi connectivity index (χ1) is 8.29. The minimum atomic E-state index is 0.119. The van der Waals surface area contributed by atoms with E-state index >= 15 is 0 Å². The molecule has 0 bridgehead atoms. The summed E-state index contributed by atoms with van der Waals surface area (Å²) < 4.78 is 6.39. The average molecular weight is 300 g/mol. The Morgan fingerprint density at radius 1 is 1.41 bits per heavy atom.